The number of pyridine rings is 1. The molecule has 1 unspecified atom stereocenters. The number of aliphatic hydroxyl groups is 1. The molecule has 14 heteroatoms. The van der Waals surface area contributed by atoms with Crippen molar-refractivity contribution in [2.75, 3.05) is 7.11 Å². The molecule has 1 N–H and O–H groups in total. The van der Waals surface area contributed by atoms with E-state index in [2.05, 4.69) is 4.98 Å². The molecule has 0 bridgehead atoms. The van der Waals surface area contributed by atoms with Gasteiger partial charge in [-0.3, -0.25) is 14.6 Å². The summed E-state index contributed by atoms with van der Waals surface area (Å²) in [4.78, 5) is 27.6. The second kappa shape index (κ2) is 13.7. The topological polar surface area (TPSA) is 91.0 Å². The average molecular weight is 544 g/mol. The van der Waals surface area contributed by atoms with E-state index in [9.17, 15) is 49.1 Å². The fraction of sp³-hybridized carbons (Fsp3) is 0.391. The van der Waals surface area contributed by atoms with Gasteiger partial charge in [0.05, 0.1) is 23.1 Å². The van der Waals surface area contributed by atoms with Gasteiger partial charge in [-0.25, -0.2) is 0 Å². The first kappa shape index (κ1) is 33.5. The van der Waals surface area contributed by atoms with E-state index in [0.29, 0.717) is 12.3 Å². The molecule has 1 heterocycles. The second-order valence-electron chi connectivity index (χ2n) is 6.80. The molecule has 37 heavy (non-hydrogen) atoms. The van der Waals surface area contributed by atoms with Crippen LogP contribution in [0.4, 0.5) is 39.5 Å². The van der Waals surface area contributed by atoms with Gasteiger partial charge >= 0.3 is 18.5 Å². The third-order valence-corrected chi connectivity index (χ3v) is 4.33. The Kier molecular flexibility index (Phi) is 12.4. The van der Waals surface area contributed by atoms with Crippen LogP contribution in [0.5, 0.6) is 0 Å². The van der Waals surface area contributed by atoms with Crippen LogP contribution in [-0.4, -0.2) is 28.8 Å². The standard InChI is InChI=1S/C20H11F9N2O2.C2H6.CH4O/c21-18(22,23)13-5-12(6-14(8-13)19(24,25)26)16(33)4-10(9-30)3-15(32)11-1-2-31-17(7-11)20(27,28)29;2*1-2/h1-2,5-8,10H,3-4H2;1-2H3;2H,1H3. The van der Waals surface area contributed by atoms with E-state index in [-0.39, 0.29) is 18.2 Å². The number of Topliss-reactive ketones (excluding diaryl/α,β-unsaturated/α-hetero) is 2. The number of benzene rings is 1. The molecule has 0 radical (unpaired) electrons. The van der Waals surface area contributed by atoms with Gasteiger partial charge in [0.2, 0.25) is 0 Å². The summed E-state index contributed by atoms with van der Waals surface area (Å²) in [7, 11) is 1.00. The van der Waals surface area contributed by atoms with E-state index in [0.717, 1.165) is 13.2 Å². The zero-order valence-corrected chi connectivity index (χ0v) is 19.5. The number of alkyl halides is 9. The van der Waals surface area contributed by atoms with Crippen LogP contribution < -0.4 is 0 Å². The smallest absolute Gasteiger partial charge is 0.400 e. The maximum absolute atomic E-state index is 12.9. The Morgan fingerprint density at radius 1 is 0.811 bits per heavy atom. The van der Waals surface area contributed by atoms with Gasteiger partial charge in [-0.05, 0) is 30.3 Å². The molecular weight excluding hydrogens is 523 g/mol. The third kappa shape index (κ3) is 10.2. The third-order valence-electron chi connectivity index (χ3n) is 4.33. The molecule has 0 amide bonds. The first-order valence-corrected chi connectivity index (χ1v) is 10.3. The number of hydrogen-bond donors (Lipinski definition) is 1. The number of ketones is 2. The van der Waals surface area contributed by atoms with Crippen molar-refractivity contribution in [3.63, 3.8) is 0 Å². The Morgan fingerprint density at radius 3 is 1.62 bits per heavy atom. The molecule has 5 nitrogen and oxygen atoms in total. The van der Waals surface area contributed by atoms with Crippen molar-refractivity contribution in [1.82, 2.24) is 4.98 Å². The SMILES string of the molecule is CC.CO.N#CC(CC(=O)c1cc(C(F)(F)F)cc(C(F)(F)F)c1)CC(=O)c1ccnc(C(F)(F)F)c1. The number of nitriles is 1. The first-order chi connectivity index (χ1) is 17.0. The van der Waals surface area contributed by atoms with Crippen molar-refractivity contribution in [2.45, 2.75) is 45.2 Å². The van der Waals surface area contributed by atoms with Gasteiger partial charge in [0.15, 0.2) is 11.6 Å². The largest absolute Gasteiger partial charge is 0.433 e. The monoisotopic (exact) mass is 544 g/mol. The highest BCUT2D eigenvalue weighted by Crippen LogP contribution is 2.37. The van der Waals surface area contributed by atoms with E-state index < -0.39 is 76.8 Å². The molecule has 0 spiro atoms. The molecule has 204 valence electrons. The quantitative estimate of drug-likeness (QED) is 0.321. The Labute approximate surface area is 205 Å². The van der Waals surface area contributed by atoms with Gasteiger partial charge < -0.3 is 5.11 Å². The zero-order valence-electron chi connectivity index (χ0n) is 19.5. The van der Waals surface area contributed by atoms with Crippen LogP contribution in [-0.2, 0) is 18.5 Å². The van der Waals surface area contributed by atoms with Crippen LogP contribution >= 0.6 is 0 Å². The van der Waals surface area contributed by atoms with Gasteiger partial charge in [0.1, 0.15) is 5.69 Å². The Balaban J connectivity index is 0.00000308. The van der Waals surface area contributed by atoms with Gasteiger partial charge in [-0.1, -0.05) is 13.8 Å². The Hall–Kier alpha value is -3.47. The highest BCUT2D eigenvalue weighted by Gasteiger charge is 2.38. The zero-order chi connectivity index (χ0) is 29.2. The van der Waals surface area contributed by atoms with Crippen LogP contribution in [0.15, 0.2) is 36.5 Å². The average Bonchev–Trinajstić information content (AvgIpc) is 2.84. The van der Waals surface area contributed by atoms with Gasteiger partial charge in [0.25, 0.3) is 0 Å². The number of aromatic nitrogens is 1. The van der Waals surface area contributed by atoms with Crippen LogP contribution in [0.1, 0.15) is 64.2 Å². The number of carbonyl (C=O) groups is 2. The van der Waals surface area contributed by atoms with Crippen LogP contribution in [0.3, 0.4) is 0 Å². The summed E-state index contributed by atoms with van der Waals surface area (Å²) in [5.74, 6) is -3.80. The minimum absolute atomic E-state index is 0.177. The van der Waals surface area contributed by atoms with Crippen LogP contribution in [0.2, 0.25) is 0 Å². The molecule has 0 aliphatic heterocycles. The molecule has 1 aromatic carbocycles. The number of carbonyl (C=O) groups excluding carboxylic acids is 2. The summed E-state index contributed by atoms with van der Waals surface area (Å²) in [5.41, 5.74) is -6.32. The Bertz CT molecular complexity index is 1070. The lowest BCUT2D eigenvalue weighted by Crippen LogP contribution is -2.16. The van der Waals surface area contributed by atoms with Gasteiger partial charge in [0, 0.05) is 37.3 Å². The molecule has 2 aromatic rings. The molecule has 0 fully saturated rings. The van der Waals surface area contributed by atoms with Crippen molar-refractivity contribution >= 4 is 11.6 Å². The molecule has 0 aliphatic carbocycles. The van der Waals surface area contributed by atoms with Gasteiger partial charge in [-0.15, -0.1) is 0 Å². The lowest BCUT2D eigenvalue weighted by atomic mass is 9.91. The molecule has 0 saturated carbocycles. The minimum atomic E-state index is -5.20. The highest BCUT2D eigenvalue weighted by molar-refractivity contribution is 5.99. The minimum Gasteiger partial charge on any atom is -0.400 e. The molecule has 1 aromatic heterocycles. The second-order valence-corrected chi connectivity index (χ2v) is 6.80. The normalized spacial score (nSPS) is 12.2. The van der Waals surface area contributed by atoms with E-state index in [1.54, 1.807) is 0 Å². The van der Waals surface area contributed by atoms with Crippen LogP contribution in [0.25, 0.3) is 0 Å². The summed E-state index contributed by atoms with van der Waals surface area (Å²) in [6.45, 7) is 4.00. The first-order valence-electron chi connectivity index (χ1n) is 10.3. The van der Waals surface area contributed by atoms with Crippen molar-refractivity contribution in [3.05, 3.63) is 64.5 Å². The van der Waals surface area contributed by atoms with E-state index in [4.69, 9.17) is 10.4 Å². The van der Waals surface area contributed by atoms with Gasteiger partial charge in [-0.2, -0.15) is 44.8 Å². The number of nitrogens with zero attached hydrogens (tertiary/aromatic N) is 2. The van der Waals surface area contributed by atoms with E-state index in [1.807, 2.05) is 13.8 Å². The lowest BCUT2D eigenvalue weighted by Gasteiger charge is -2.14. The van der Waals surface area contributed by atoms with E-state index >= 15 is 0 Å². The Morgan fingerprint density at radius 2 is 1.24 bits per heavy atom. The fourth-order valence-electron chi connectivity index (χ4n) is 2.72. The number of aliphatic hydroxyl groups excluding tert-OH is 1. The van der Waals surface area contributed by atoms with E-state index in [1.165, 1.54) is 6.07 Å². The van der Waals surface area contributed by atoms with Crippen molar-refractivity contribution in [1.29, 1.82) is 5.26 Å². The predicted octanol–water partition coefficient (Wildman–Crippen LogP) is 6.76. The maximum Gasteiger partial charge on any atom is 0.433 e. The number of halogens is 9. The maximum atomic E-state index is 12.9. The highest BCUT2D eigenvalue weighted by atomic mass is 19.4. The summed E-state index contributed by atoms with van der Waals surface area (Å²) in [6, 6.07) is 3.06. The summed E-state index contributed by atoms with van der Waals surface area (Å²) in [6.07, 6.45) is -16.3. The van der Waals surface area contributed by atoms with Crippen molar-refractivity contribution in [2.24, 2.45) is 5.92 Å². The van der Waals surface area contributed by atoms with Crippen molar-refractivity contribution < 1.29 is 54.2 Å². The van der Waals surface area contributed by atoms with Crippen molar-refractivity contribution in [3.8, 4) is 6.07 Å². The van der Waals surface area contributed by atoms with Crippen LogP contribution in [0, 0.1) is 17.2 Å². The molecular formula is C23H21F9N2O3. The predicted molar refractivity (Wildman–Crippen MR) is 112 cm³/mol. The summed E-state index contributed by atoms with van der Waals surface area (Å²) < 4.78 is 116. The molecule has 2 rings (SSSR count). The molecule has 1 atom stereocenters. The lowest BCUT2D eigenvalue weighted by molar-refractivity contribution is -0.143. The fourth-order valence-corrected chi connectivity index (χ4v) is 2.72. The summed E-state index contributed by atoms with van der Waals surface area (Å²) in [5, 5.41) is 16.2. The number of hydrogen-bond acceptors (Lipinski definition) is 5. The molecule has 0 saturated heterocycles. The summed E-state index contributed by atoms with van der Waals surface area (Å²) >= 11 is 0. The molecule has 0 aliphatic rings. The number of rotatable bonds is 6.